The second-order valence-corrected chi connectivity index (χ2v) is 4.85. The lowest BCUT2D eigenvalue weighted by molar-refractivity contribution is -0.133. The summed E-state index contributed by atoms with van der Waals surface area (Å²) < 4.78 is 0. The number of amides is 3. The van der Waals surface area contributed by atoms with Gasteiger partial charge in [-0.2, -0.15) is 0 Å². The topological polar surface area (TPSA) is 95.5 Å². The predicted molar refractivity (Wildman–Crippen MR) is 79.4 cm³/mol. The monoisotopic (exact) mass is 310 g/mol. The second kappa shape index (κ2) is 6.90. The van der Waals surface area contributed by atoms with Crippen molar-refractivity contribution in [2.75, 3.05) is 5.32 Å². The maximum Gasteiger partial charge on any atom is 0.331 e. The van der Waals surface area contributed by atoms with Gasteiger partial charge in [0.1, 0.15) is 0 Å². The molecule has 0 saturated heterocycles. The van der Waals surface area contributed by atoms with E-state index in [1.807, 2.05) is 12.2 Å². The summed E-state index contributed by atoms with van der Waals surface area (Å²) in [5, 5.41) is 13.6. The van der Waals surface area contributed by atoms with Crippen LogP contribution in [0.4, 0.5) is 10.5 Å². The van der Waals surface area contributed by atoms with Crippen molar-refractivity contribution < 1.29 is 19.5 Å². The highest BCUT2D eigenvalue weighted by molar-refractivity contribution is 6.33. The van der Waals surface area contributed by atoms with Crippen molar-refractivity contribution >= 4 is 35.2 Å². The van der Waals surface area contributed by atoms with Gasteiger partial charge in [0, 0.05) is 11.1 Å². The van der Waals surface area contributed by atoms with Crippen LogP contribution >= 0.6 is 11.6 Å². The molecule has 0 aliphatic heterocycles. The maximum absolute atomic E-state index is 11.7. The third-order valence-corrected chi connectivity index (χ3v) is 3.14. The summed E-state index contributed by atoms with van der Waals surface area (Å²) in [6, 6.07) is 4.23. The number of carbonyl (C=O) groups is 3. The molecule has 6 nitrogen and oxygen atoms in total. The SMILES string of the molecule is CC(C(=O)O)=C(C)C(=O)NC(=O)Nc1ccc(C)cc1Cl. The summed E-state index contributed by atoms with van der Waals surface area (Å²) >= 11 is 5.95. The van der Waals surface area contributed by atoms with Gasteiger partial charge in [-0.05, 0) is 38.5 Å². The Balaban J connectivity index is 2.76. The number of halogens is 1. The minimum atomic E-state index is -1.22. The number of aryl methyl sites for hydroxylation is 1. The summed E-state index contributed by atoms with van der Waals surface area (Å²) in [4.78, 5) is 34.1. The number of hydrogen-bond donors (Lipinski definition) is 3. The first-order valence-corrected chi connectivity index (χ1v) is 6.39. The molecule has 0 atom stereocenters. The number of aliphatic carboxylic acids is 1. The molecule has 1 aromatic rings. The van der Waals surface area contributed by atoms with Crippen LogP contribution in [0.1, 0.15) is 19.4 Å². The van der Waals surface area contributed by atoms with Crippen LogP contribution in [-0.2, 0) is 9.59 Å². The smallest absolute Gasteiger partial charge is 0.331 e. The summed E-state index contributed by atoms with van der Waals surface area (Å²) in [6.45, 7) is 4.46. The van der Waals surface area contributed by atoms with Gasteiger partial charge in [0.15, 0.2) is 0 Å². The third kappa shape index (κ3) is 4.61. The molecule has 3 N–H and O–H groups in total. The fraction of sp³-hybridized carbons (Fsp3) is 0.214. The molecule has 0 aliphatic carbocycles. The van der Waals surface area contributed by atoms with Crippen molar-refractivity contribution in [3.05, 3.63) is 39.9 Å². The summed E-state index contributed by atoms with van der Waals surface area (Å²) in [5.41, 5.74) is 1.10. The van der Waals surface area contributed by atoms with Gasteiger partial charge in [-0.15, -0.1) is 0 Å². The van der Waals surface area contributed by atoms with E-state index >= 15 is 0 Å². The largest absolute Gasteiger partial charge is 0.478 e. The van der Waals surface area contributed by atoms with Gasteiger partial charge in [0.05, 0.1) is 10.7 Å². The van der Waals surface area contributed by atoms with E-state index in [1.165, 1.54) is 13.8 Å². The molecule has 112 valence electrons. The Morgan fingerprint density at radius 3 is 2.29 bits per heavy atom. The highest BCUT2D eigenvalue weighted by Gasteiger charge is 2.15. The lowest BCUT2D eigenvalue weighted by Crippen LogP contribution is -2.35. The van der Waals surface area contributed by atoms with Gasteiger partial charge in [0.25, 0.3) is 5.91 Å². The quantitative estimate of drug-likeness (QED) is 0.748. The Bertz CT molecular complexity index is 638. The summed E-state index contributed by atoms with van der Waals surface area (Å²) in [7, 11) is 0. The zero-order valence-electron chi connectivity index (χ0n) is 11.8. The van der Waals surface area contributed by atoms with Crippen molar-refractivity contribution in [1.82, 2.24) is 5.32 Å². The number of carbonyl (C=O) groups excluding carboxylic acids is 2. The first-order valence-electron chi connectivity index (χ1n) is 6.01. The van der Waals surface area contributed by atoms with E-state index in [9.17, 15) is 14.4 Å². The Hall–Kier alpha value is -2.34. The number of nitrogens with one attached hydrogen (secondary N) is 2. The van der Waals surface area contributed by atoms with Crippen molar-refractivity contribution in [2.45, 2.75) is 20.8 Å². The molecule has 0 bridgehead atoms. The highest BCUT2D eigenvalue weighted by Crippen LogP contribution is 2.22. The molecule has 7 heteroatoms. The number of rotatable bonds is 3. The molecular weight excluding hydrogens is 296 g/mol. The number of carboxylic acids is 1. The normalized spacial score (nSPS) is 11.4. The van der Waals surface area contributed by atoms with Crippen LogP contribution in [-0.4, -0.2) is 23.0 Å². The lowest BCUT2D eigenvalue weighted by atomic mass is 10.1. The molecule has 0 heterocycles. The van der Waals surface area contributed by atoms with E-state index in [4.69, 9.17) is 16.7 Å². The first-order chi connectivity index (χ1) is 9.72. The number of anilines is 1. The molecule has 1 rings (SSSR count). The Labute approximate surface area is 126 Å². The van der Waals surface area contributed by atoms with Gasteiger partial charge in [0.2, 0.25) is 0 Å². The van der Waals surface area contributed by atoms with E-state index in [2.05, 4.69) is 5.32 Å². The lowest BCUT2D eigenvalue weighted by Gasteiger charge is -2.09. The average molecular weight is 311 g/mol. The third-order valence-electron chi connectivity index (χ3n) is 2.82. The average Bonchev–Trinajstić information content (AvgIpc) is 2.40. The van der Waals surface area contributed by atoms with Gasteiger partial charge in [-0.25, -0.2) is 9.59 Å². The van der Waals surface area contributed by atoms with Crippen molar-refractivity contribution in [3.63, 3.8) is 0 Å². The van der Waals surface area contributed by atoms with E-state index in [0.29, 0.717) is 10.7 Å². The minimum Gasteiger partial charge on any atom is -0.478 e. The van der Waals surface area contributed by atoms with Crippen molar-refractivity contribution in [3.8, 4) is 0 Å². The standard InChI is InChI=1S/C14H15ClN2O4/c1-7-4-5-11(10(15)6-7)16-14(21)17-12(18)8(2)9(3)13(19)20/h4-6H,1-3H3,(H,19,20)(H2,16,17,18,21). The van der Waals surface area contributed by atoms with E-state index < -0.39 is 17.9 Å². The van der Waals surface area contributed by atoms with Gasteiger partial charge in [-0.3, -0.25) is 10.1 Å². The Kier molecular flexibility index (Phi) is 5.49. The molecule has 3 amide bonds. The van der Waals surface area contributed by atoms with Crippen LogP contribution in [0.2, 0.25) is 5.02 Å². The number of benzene rings is 1. The van der Waals surface area contributed by atoms with Crippen LogP contribution in [0.5, 0.6) is 0 Å². The number of urea groups is 1. The van der Waals surface area contributed by atoms with Crippen molar-refractivity contribution in [2.24, 2.45) is 0 Å². The van der Waals surface area contributed by atoms with Crippen LogP contribution in [0, 0.1) is 6.92 Å². The molecule has 0 spiro atoms. The van der Waals surface area contributed by atoms with Crippen LogP contribution in [0.25, 0.3) is 0 Å². The van der Waals surface area contributed by atoms with E-state index in [-0.39, 0.29) is 11.1 Å². The van der Waals surface area contributed by atoms with E-state index in [0.717, 1.165) is 5.56 Å². The number of carboxylic acid groups (broad SMARTS) is 1. The summed E-state index contributed by atoms with van der Waals surface area (Å²) in [5.74, 6) is -2.00. The predicted octanol–water partition coefficient (Wildman–Crippen LogP) is 2.72. The molecule has 0 unspecified atom stereocenters. The molecular formula is C14H15ClN2O4. The molecule has 0 saturated carbocycles. The zero-order valence-corrected chi connectivity index (χ0v) is 12.5. The van der Waals surface area contributed by atoms with Gasteiger partial charge >= 0.3 is 12.0 Å². The number of hydrogen-bond acceptors (Lipinski definition) is 3. The molecule has 0 radical (unpaired) electrons. The van der Waals surface area contributed by atoms with Gasteiger partial charge in [-0.1, -0.05) is 17.7 Å². The number of imide groups is 1. The highest BCUT2D eigenvalue weighted by atomic mass is 35.5. The molecule has 21 heavy (non-hydrogen) atoms. The minimum absolute atomic E-state index is 0.0485. The van der Waals surface area contributed by atoms with Crippen LogP contribution in [0.3, 0.4) is 0 Å². The van der Waals surface area contributed by atoms with Crippen LogP contribution < -0.4 is 10.6 Å². The molecule has 0 aromatic heterocycles. The molecule has 0 fully saturated rings. The fourth-order valence-electron chi connectivity index (χ4n) is 1.40. The Morgan fingerprint density at radius 1 is 1.14 bits per heavy atom. The Morgan fingerprint density at radius 2 is 1.76 bits per heavy atom. The molecule has 0 aliphatic rings. The van der Waals surface area contributed by atoms with E-state index in [1.54, 1.807) is 18.2 Å². The van der Waals surface area contributed by atoms with Gasteiger partial charge < -0.3 is 10.4 Å². The fourth-order valence-corrected chi connectivity index (χ4v) is 1.68. The zero-order chi connectivity index (χ0) is 16.2. The second-order valence-electron chi connectivity index (χ2n) is 4.45. The maximum atomic E-state index is 11.7. The van der Waals surface area contributed by atoms with Crippen molar-refractivity contribution in [1.29, 1.82) is 0 Å². The van der Waals surface area contributed by atoms with Crippen LogP contribution in [0.15, 0.2) is 29.3 Å². The molecule has 1 aromatic carbocycles. The first kappa shape index (κ1) is 16.7. The summed E-state index contributed by atoms with van der Waals surface area (Å²) in [6.07, 6.45) is 0.